The fraction of sp³-hybridized carbons (Fsp3) is 0.900. The van der Waals surface area contributed by atoms with Crippen molar-refractivity contribution in [2.45, 2.75) is 51.3 Å². The van der Waals surface area contributed by atoms with Crippen molar-refractivity contribution in [2.24, 2.45) is 4.40 Å². The van der Waals surface area contributed by atoms with Gasteiger partial charge in [-0.05, 0) is 34.6 Å². The maximum Gasteiger partial charge on any atom is 0.163 e. The molecule has 0 N–H and O–H groups in total. The molecule has 0 bridgehead atoms. The van der Waals surface area contributed by atoms with Gasteiger partial charge in [-0.25, -0.2) is 4.21 Å². The SMILES string of the molecule is CC1(C)OCC(C=NS(=O)C(C)(C)C)O1. The van der Waals surface area contributed by atoms with Gasteiger partial charge >= 0.3 is 0 Å². The molecule has 0 spiro atoms. The summed E-state index contributed by atoms with van der Waals surface area (Å²) < 4.78 is 26.1. The third-order valence-electron chi connectivity index (χ3n) is 1.88. The average molecular weight is 233 g/mol. The van der Waals surface area contributed by atoms with Gasteiger partial charge in [-0.3, -0.25) is 0 Å². The summed E-state index contributed by atoms with van der Waals surface area (Å²) in [5, 5.41) is 0. The molecule has 0 radical (unpaired) electrons. The van der Waals surface area contributed by atoms with Crippen LogP contribution >= 0.6 is 0 Å². The molecular formula is C10H19NO3S. The van der Waals surface area contributed by atoms with Gasteiger partial charge in [0, 0.05) is 6.21 Å². The van der Waals surface area contributed by atoms with Crippen molar-refractivity contribution < 1.29 is 13.7 Å². The van der Waals surface area contributed by atoms with Crippen molar-refractivity contribution in [1.82, 2.24) is 0 Å². The smallest absolute Gasteiger partial charge is 0.163 e. The molecule has 0 aliphatic carbocycles. The van der Waals surface area contributed by atoms with E-state index < -0.39 is 16.8 Å². The van der Waals surface area contributed by atoms with E-state index in [-0.39, 0.29) is 10.9 Å². The summed E-state index contributed by atoms with van der Waals surface area (Å²) in [6, 6.07) is 0. The maximum absolute atomic E-state index is 11.6. The van der Waals surface area contributed by atoms with Crippen molar-refractivity contribution in [1.29, 1.82) is 0 Å². The van der Waals surface area contributed by atoms with Crippen LogP contribution in [0, 0.1) is 0 Å². The molecule has 0 aromatic carbocycles. The molecule has 1 aliphatic rings. The zero-order valence-corrected chi connectivity index (χ0v) is 10.8. The minimum atomic E-state index is -1.22. The van der Waals surface area contributed by atoms with Crippen LogP contribution in [0.5, 0.6) is 0 Å². The fourth-order valence-corrected chi connectivity index (χ4v) is 1.63. The van der Waals surface area contributed by atoms with Crippen molar-refractivity contribution in [3.63, 3.8) is 0 Å². The summed E-state index contributed by atoms with van der Waals surface area (Å²) in [6.45, 7) is 9.82. The van der Waals surface area contributed by atoms with Gasteiger partial charge in [0.15, 0.2) is 5.79 Å². The topological polar surface area (TPSA) is 47.9 Å². The van der Waals surface area contributed by atoms with Crippen LogP contribution in [0.15, 0.2) is 4.40 Å². The Labute approximate surface area is 93.6 Å². The van der Waals surface area contributed by atoms with Crippen molar-refractivity contribution >= 4 is 17.2 Å². The zero-order valence-electron chi connectivity index (χ0n) is 9.94. The molecule has 1 heterocycles. The van der Waals surface area contributed by atoms with E-state index >= 15 is 0 Å². The zero-order chi connectivity index (χ0) is 11.7. The molecule has 0 aromatic rings. The van der Waals surface area contributed by atoms with Gasteiger partial charge in [0.05, 0.1) is 11.4 Å². The van der Waals surface area contributed by atoms with Crippen molar-refractivity contribution in [3.8, 4) is 0 Å². The molecule has 1 rings (SSSR count). The molecule has 15 heavy (non-hydrogen) atoms. The van der Waals surface area contributed by atoms with Crippen LogP contribution in [0.25, 0.3) is 0 Å². The molecule has 1 saturated heterocycles. The molecule has 1 fully saturated rings. The van der Waals surface area contributed by atoms with Crippen LogP contribution in [-0.2, 0) is 20.5 Å². The Hall–Kier alpha value is -0.260. The first-order valence-corrected chi connectivity index (χ1v) is 6.09. The minimum Gasteiger partial charge on any atom is -0.347 e. The van der Waals surface area contributed by atoms with E-state index in [1.807, 2.05) is 34.6 Å². The highest BCUT2D eigenvalue weighted by atomic mass is 32.2. The van der Waals surface area contributed by atoms with E-state index in [0.717, 1.165) is 0 Å². The Balaban J connectivity index is 2.50. The van der Waals surface area contributed by atoms with E-state index in [2.05, 4.69) is 4.40 Å². The van der Waals surface area contributed by atoms with Crippen LogP contribution in [0.2, 0.25) is 0 Å². The van der Waals surface area contributed by atoms with Gasteiger partial charge in [-0.1, -0.05) is 0 Å². The van der Waals surface area contributed by atoms with Crippen LogP contribution < -0.4 is 0 Å². The van der Waals surface area contributed by atoms with Crippen LogP contribution in [0.4, 0.5) is 0 Å². The molecule has 0 amide bonds. The lowest BCUT2D eigenvalue weighted by molar-refractivity contribution is -0.130. The number of rotatable bonds is 2. The molecule has 2 atom stereocenters. The number of hydrogen-bond acceptors (Lipinski definition) is 3. The summed E-state index contributed by atoms with van der Waals surface area (Å²) in [4.78, 5) is 0. The molecule has 2 unspecified atom stereocenters. The lowest BCUT2D eigenvalue weighted by atomic mass is 10.3. The lowest BCUT2D eigenvalue weighted by Gasteiger charge is -2.16. The quantitative estimate of drug-likeness (QED) is 0.682. The Kier molecular flexibility index (Phi) is 3.68. The molecule has 0 saturated carbocycles. The van der Waals surface area contributed by atoms with Gasteiger partial charge in [-0.2, -0.15) is 4.40 Å². The van der Waals surface area contributed by atoms with Gasteiger partial charge in [-0.15, -0.1) is 0 Å². The maximum atomic E-state index is 11.6. The Morgan fingerprint density at radius 2 is 2.07 bits per heavy atom. The first kappa shape index (κ1) is 12.8. The summed E-state index contributed by atoms with van der Waals surface area (Å²) >= 11 is 0. The molecule has 1 aliphatic heterocycles. The lowest BCUT2D eigenvalue weighted by Crippen LogP contribution is -2.23. The van der Waals surface area contributed by atoms with Crippen LogP contribution in [-0.4, -0.2) is 33.7 Å². The third kappa shape index (κ3) is 4.01. The van der Waals surface area contributed by atoms with E-state index in [9.17, 15) is 4.21 Å². The second-order valence-corrected chi connectivity index (χ2v) is 6.92. The van der Waals surface area contributed by atoms with E-state index in [0.29, 0.717) is 6.61 Å². The first-order valence-electron chi connectivity index (χ1n) is 4.99. The molecule has 5 heteroatoms. The highest BCUT2D eigenvalue weighted by Crippen LogP contribution is 2.21. The van der Waals surface area contributed by atoms with Gasteiger partial charge in [0.2, 0.25) is 0 Å². The van der Waals surface area contributed by atoms with E-state index in [4.69, 9.17) is 9.47 Å². The second-order valence-electron chi connectivity index (χ2n) is 4.98. The largest absolute Gasteiger partial charge is 0.347 e. The van der Waals surface area contributed by atoms with Crippen LogP contribution in [0.3, 0.4) is 0 Å². The highest BCUT2D eigenvalue weighted by Gasteiger charge is 2.32. The Morgan fingerprint density at radius 3 is 2.47 bits per heavy atom. The summed E-state index contributed by atoms with van der Waals surface area (Å²) in [7, 11) is -1.22. The molecule has 0 aromatic heterocycles. The monoisotopic (exact) mass is 233 g/mol. The Morgan fingerprint density at radius 1 is 1.47 bits per heavy atom. The minimum absolute atomic E-state index is 0.189. The van der Waals surface area contributed by atoms with Gasteiger partial charge in [0.1, 0.15) is 17.1 Å². The summed E-state index contributed by atoms with van der Waals surface area (Å²) in [5.41, 5.74) is 0. The van der Waals surface area contributed by atoms with Crippen LogP contribution in [0.1, 0.15) is 34.6 Å². The number of hydrogen-bond donors (Lipinski definition) is 0. The normalized spacial score (nSPS) is 28.5. The standard InChI is InChI=1S/C10H19NO3S/c1-9(2,3)15(12)11-6-8-7-13-10(4,5)14-8/h6,8H,7H2,1-5H3. The highest BCUT2D eigenvalue weighted by molar-refractivity contribution is 7.85. The van der Waals surface area contributed by atoms with Crippen molar-refractivity contribution in [2.75, 3.05) is 6.61 Å². The second kappa shape index (κ2) is 4.31. The van der Waals surface area contributed by atoms with E-state index in [1.54, 1.807) is 6.21 Å². The molecular weight excluding hydrogens is 214 g/mol. The van der Waals surface area contributed by atoms with E-state index in [1.165, 1.54) is 0 Å². The first-order chi connectivity index (χ1) is 6.71. The average Bonchev–Trinajstić information content (AvgIpc) is 2.39. The number of ether oxygens (including phenoxy) is 2. The Bertz CT molecular complexity index is 281. The third-order valence-corrected chi connectivity index (χ3v) is 3.24. The van der Waals surface area contributed by atoms with Gasteiger partial charge < -0.3 is 9.47 Å². The number of nitrogens with zero attached hydrogens (tertiary/aromatic N) is 1. The van der Waals surface area contributed by atoms with Gasteiger partial charge in [0.25, 0.3) is 0 Å². The molecule has 88 valence electrons. The predicted molar refractivity (Wildman–Crippen MR) is 61.3 cm³/mol. The fourth-order valence-electron chi connectivity index (χ4n) is 1.07. The summed E-state index contributed by atoms with van der Waals surface area (Å²) in [6.07, 6.45) is 1.39. The predicted octanol–water partition coefficient (Wildman–Crippen LogP) is 1.67. The summed E-state index contributed by atoms with van der Waals surface area (Å²) in [5.74, 6) is -0.556. The van der Waals surface area contributed by atoms with Crippen molar-refractivity contribution in [3.05, 3.63) is 0 Å². The molecule has 4 nitrogen and oxygen atoms in total.